The molecular weight excluding hydrogens is 582 g/mol. The number of non-ortho nitro benzene ring substituents is 1. The van der Waals surface area contributed by atoms with Gasteiger partial charge >= 0.3 is 5.97 Å². The maximum atomic E-state index is 13.8. The minimum absolute atomic E-state index is 0.0923. The van der Waals surface area contributed by atoms with E-state index in [1.165, 1.54) is 37.0 Å². The average molecular weight is 604 g/mol. The van der Waals surface area contributed by atoms with Crippen molar-refractivity contribution >= 4 is 45.0 Å². The summed E-state index contributed by atoms with van der Waals surface area (Å²) in [6.45, 7) is 3.44. The number of allylic oxidation sites excluding steroid dienone is 1. The number of nitro benzene ring substituents is 1. The van der Waals surface area contributed by atoms with Crippen molar-refractivity contribution in [3.63, 3.8) is 0 Å². The normalized spacial score (nSPS) is 15.1. The van der Waals surface area contributed by atoms with Gasteiger partial charge in [0, 0.05) is 22.2 Å². The number of phenols is 1. The summed E-state index contributed by atoms with van der Waals surface area (Å²) in [4.78, 5) is 42.3. The molecule has 1 atom stereocenters. The molecule has 0 saturated heterocycles. The average Bonchev–Trinajstić information content (AvgIpc) is 3.18. The summed E-state index contributed by atoms with van der Waals surface area (Å²) in [5, 5.41) is 21.5. The first kappa shape index (κ1) is 27.1. The molecule has 0 bridgehead atoms. The molecule has 11 nitrogen and oxygen atoms in total. The van der Waals surface area contributed by atoms with Gasteiger partial charge in [-0.25, -0.2) is 9.79 Å². The number of hydrogen-bond acceptors (Lipinski definition) is 10. The van der Waals surface area contributed by atoms with Gasteiger partial charge in [0.25, 0.3) is 11.2 Å². The Kier molecular flexibility index (Phi) is 7.69. The number of carbonyl (C=O) groups excluding carboxylic acids is 1. The van der Waals surface area contributed by atoms with Crippen LogP contribution in [0.4, 0.5) is 5.69 Å². The van der Waals surface area contributed by atoms with Crippen LogP contribution in [-0.4, -0.2) is 41.4 Å². The fourth-order valence-electron chi connectivity index (χ4n) is 4.08. The lowest BCUT2D eigenvalue weighted by Crippen LogP contribution is -2.40. The molecule has 13 heteroatoms. The van der Waals surface area contributed by atoms with Gasteiger partial charge in [0.15, 0.2) is 16.3 Å². The molecule has 2 heterocycles. The minimum Gasteiger partial charge on any atom is -0.507 e. The van der Waals surface area contributed by atoms with E-state index in [-0.39, 0.29) is 33.7 Å². The zero-order chi connectivity index (χ0) is 27.7. The molecule has 198 valence electrons. The van der Waals surface area contributed by atoms with Crippen molar-refractivity contribution in [1.29, 1.82) is 0 Å². The van der Waals surface area contributed by atoms with Gasteiger partial charge in [-0.3, -0.25) is 19.5 Å². The van der Waals surface area contributed by atoms with Crippen LogP contribution in [0.2, 0.25) is 0 Å². The summed E-state index contributed by atoms with van der Waals surface area (Å²) in [6.07, 6.45) is 1.36. The number of carbonyl (C=O) groups is 1. The van der Waals surface area contributed by atoms with E-state index < -0.39 is 22.5 Å². The van der Waals surface area contributed by atoms with Crippen LogP contribution in [0.25, 0.3) is 6.08 Å². The van der Waals surface area contributed by atoms with Gasteiger partial charge < -0.3 is 19.3 Å². The van der Waals surface area contributed by atoms with Gasteiger partial charge in [-0.2, -0.15) is 0 Å². The van der Waals surface area contributed by atoms with Crippen molar-refractivity contribution in [3.8, 4) is 17.2 Å². The second-order valence-electron chi connectivity index (χ2n) is 8.03. The number of aromatic nitrogens is 1. The highest BCUT2D eigenvalue weighted by Gasteiger charge is 2.35. The van der Waals surface area contributed by atoms with Gasteiger partial charge in [0.2, 0.25) is 0 Å². The van der Waals surface area contributed by atoms with Crippen LogP contribution in [0.15, 0.2) is 55.9 Å². The smallest absolute Gasteiger partial charge is 0.338 e. The van der Waals surface area contributed by atoms with E-state index in [1.807, 2.05) is 0 Å². The lowest BCUT2D eigenvalue weighted by molar-refractivity contribution is -0.384. The minimum atomic E-state index is -0.944. The Hall–Kier alpha value is -3.97. The highest BCUT2D eigenvalue weighted by molar-refractivity contribution is 9.10. The number of hydrogen-bond donors (Lipinski definition) is 1. The summed E-state index contributed by atoms with van der Waals surface area (Å²) >= 11 is 4.56. The number of aromatic hydroxyl groups is 1. The van der Waals surface area contributed by atoms with Crippen molar-refractivity contribution < 1.29 is 29.0 Å². The number of methoxy groups -OCH3 is 2. The first-order valence-corrected chi connectivity index (χ1v) is 12.8. The number of phenolic OH excluding ortho intramolecular Hbond substituents is 1. The van der Waals surface area contributed by atoms with Crippen LogP contribution in [0.1, 0.15) is 31.0 Å². The molecule has 1 unspecified atom stereocenters. The summed E-state index contributed by atoms with van der Waals surface area (Å²) < 4.78 is 18.2. The molecule has 0 spiro atoms. The van der Waals surface area contributed by atoms with E-state index in [1.54, 1.807) is 26.0 Å². The first-order chi connectivity index (χ1) is 18.1. The topological polar surface area (TPSA) is 142 Å². The van der Waals surface area contributed by atoms with Crippen LogP contribution in [0, 0.1) is 10.1 Å². The monoisotopic (exact) mass is 603 g/mol. The standard InChI is InChI=1S/C25H22BrN3O8S/c1-5-37-24(32)21-12(2)27-25-28(22(21)15-10-18(35-3)19(36-4)11-16(15)26)23(31)20(38-25)9-13-8-14(29(33)34)6-7-17(13)30/h6-11,22,30H,5H2,1-4H3. The Balaban J connectivity index is 2.02. The predicted molar refractivity (Wildman–Crippen MR) is 142 cm³/mol. The Morgan fingerprint density at radius 3 is 2.58 bits per heavy atom. The quantitative estimate of drug-likeness (QED) is 0.246. The van der Waals surface area contributed by atoms with E-state index in [4.69, 9.17) is 14.2 Å². The van der Waals surface area contributed by atoms with Gasteiger partial charge in [-0.05, 0) is 43.7 Å². The maximum absolute atomic E-state index is 13.8. The van der Waals surface area contributed by atoms with E-state index in [0.717, 1.165) is 17.4 Å². The molecule has 0 saturated carbocycles. The lowest BCUT2D eigenvalue weighted by atomic mass is 9.95. The van der Waals surface area contributed by atoms with Crippen molar-refractivity contribution in [2.75, 3.05) is 20.8 Å². The van der Waals surface area contributed by atoms with Gasteiger partial charge in [0.05, 0.1) is 47.6 Å². The molecule has 0 aliphatic carbocycles. The SMILES string of the molecule is CCOC(=O)C1=C(C)N=c2sc(=Cc3cc([N+](=O)[O-])ccc3O)c(=O)n2C1c1cc(OC)c(OC)cc1Br. The van der Waals surface area contributed by atoms with Gasteiger partial charge in [0.1, 0.15) is 5.75 Å². The van der Waals surface area contributed by atoms with Crippen LogP contribution in [0.3, 0.4) is 0 Å². The molecule has 0 radical (unpaired) electrons. The molecular formula is C25H22BrN3O8S. The second-order valence-corrected chi connectivity index (χ2v) is 9.89. The molecule has 1 aliphatic rings. The number of fused-ring (bicyclic) bond motifs is 1. The van der Waals surface area contributed by atoms with E-state index in [2.05, 4.69) is 20.9 Å². The predicted octanol–water partition coefficient (Wildman–Crippen LogP) is 3.19. The highest BCUT2D eigenvalue weighted by Crippen LogP contribution is 2.40. The number of benzene rings is 2. The second kappa shape index (κ2) is 10.8. The maximum Gasteiger partial charge on any atom is 0.338 e. The van der Waals surface area contributed by atoms with Gasteiger partial charge in [-0.1, -0.05) is 27.3 Å². The highest BCUT2D eigenvalue weighted by atomic mass is 79.9. The van der Waals surface area contributed by atoms with Crippen molar-refractivity contribution in [3.05, 3.63) is 87.0 Å². The number of halogens is 1. The molecule has 3 aromatic rings. The molecule has 2 aromatic carbocycles. The van der Waals surface area contributed by atoms with Crippen molar-refractivity contribution in [2.45, 2.75) is 19.9 Å². The Labute approximate surface area is 228 Å². The third-order valence-corrected chi connectivity index (χ3v) is 7.49. The summed E-state index contributed by atoms with van der Waals surface area (Å²) in [6, 6.07) is 5.91. The van der Waals surface area contributed by atoms with E-state index >= 15 is 0 Å². The Bertz CT molecular complexity index is 1670. The number of ether oxygens (including phenoxy) is 3. The number of thiazole rings is 1. The third kappa shape index (κ3) is 4.82. The van der Waals surface area contributed by atoms with Gasteiger partial charge in [-0.15, -0.1) is 0 Å². The largest absolute Gasteiger partial charge is 0.507 e. The van der Waals surface area contributed by atoms with Crippen molar-refractivity contribution in [1.82, 2.24) is 4.57 Å². The fourth-order valence-corrected chi connectivity index (χ4v) is 5.65. The summed E-state index contributed by atoms with van der Waals surface area (Å²) in [5.41, 5.74) is 0.383. The van der Waals surface area contributed by atoms with Crippen LogP contribution >= 0.6 is 27.3 Å². The number of nitro groups is 1. The zero-order valence-corrected chi connectivity index (χ0v) is 23.1. The van der Waals surface area contributed by atoms with Crippen molar-refractivity contribution in [2.24, 2.45) is 4.99 Å². The fraction of sp³-hybridized carbons (Fsp3) is 0.240. The number of nitrogens with zero attached hydrogens (tertiary/aromatic N) is 3. The Morgan fingerprint density at radius 2 is 1.95 bits per heavy atom. The van der Waals surface area contributed by atoms with E-state index in [0.29, 0.717) is 32.0 Å². The summed E-state index contributed by atoms with van der Waals surface area (Å²) in [7, 11) is 2.96. The molecule has 38 heavy (non-hydrogen) atoms. The molecule has 1 N–H and O–H groups in total. The summed E-state index contributed by atoms with van der Waals surface area (Å²) in [5.74, 6) is -0.0441. The lowest BCUT2D eigenvalue weighted by Gasteiger charge is -2.26. The molecule has 0 fully saturated rings. The third-order valence-electron chi connectivity index (χ3n) is 5.82. The molecule has 4 rings (SSSR count). The number of rotatable bonds is 7. The zero-order valence-electron chi connectivity index (χ0n) is 20.7. The first-order valence-electron chi connectivity index (χ1n) is 11.2. The van der Waals surface area contributed by atoms with Crippen LogP contribution < -0.4 is 24.4 Å². The van der Waals surface area contributed by atoms with Crippen LogP contribution in [-0.2, 0) is 9.53 Å². The molecule has 1 aliphatic heterocycles. The molecule has 0 amide bonds. The molecule has 1 aromatic heterocycles. The van der Waals surface area contributed by atoms with E-state index in [9.17, 15) is 24.8 Å². The number of esters is 1. The Morgan fingerprint density at radius 1 is 1.26 bits per heavy atom. The van der Waals surface area contributed by atoms with Crippen LogP contribution in [0.5, 0.6) is 17.2 Å².